The highest BCUT2D eigenvalue weighted by Crippen LogP contribution is 2.37. The Hall–Kier alpha value is -1.11. The molecule has 0 spiro atoms. The number of hydrogen-bond acceptors (Lipinski definition) is 3. The van der Waals surface area contributed by atoms with Gasteiger partial charge in [0.05, 0.1) is 24.4 Å². The molecule has 1 saturated heterocycles. The van der Waals surface area contributed by atoms with E-state index in [9.17, 15) is 13.2 Å². The van der Waals surface area contributed by atoms with Gasteiger partial charge in [-0.15, -0.1) is 0 Å². The summed E-state index contributed by atoms with van der Waals surface area (Å²) >= 11 is 0. The Labute approximate surface area is 122 Å². The molecular formula is C15H20F3NO2. The van der Waals surface area contributed by atoms with Crippen molar-refractivity contribution >= 4 is 0 Å². The second-order valence-electron chi connectivity index (χ2n) is 5.42. The van der Waals surface area contributed by atoms with Gasteiger partial charge in [-0.2, -0.15) is 13.2 Å². The summed E-state index contributed by atoms with van der Waals surface area (Å²) in [6.07, 6.45) is -3.66. The van der Waals surface area contributed by atoms with Gasteiger partial charge >= 0.3 is 6.18 Å². The number of benzene rings is 1. The third kappa shape index (κ3) is 4.18. The number of halogens is 3. The monoisotopic (exact) mass is 303 g/mol. The lowest BCUT2D eigenvalue weighted by molar-refractivity contribution is -0.137. The Kier molecular flexibility index (Phi) is 5.24. The molecule has 1 aromatic carbocycles. The first-order chi connectivity index (χ1) is 9.91. The summed E-state index contributed by atoms with van der Waals surface area (Å²) in [7, 11) is 0. The van der Waals surface area contributed by atoms with Gasteiger partial charge < -0.3 is 15.2 Å². The zero-order chi connectivity index (χ0) is 15.5. The van der Waals surface area contributed by atoms with Crippen LogP contribution in [-0.2, 0) is 10.9 Å². The van der Waals surface area contributed by atoms with Crippen molar-refractivity contribution in [3.8, 4) is 0 Å². The van der Waals surface area contributed by atoms with Crippen LogP contribution in [0.1, 0.15) is 30.6 Å². The zero-order valence-electron chi connectivity index (χ0n) is 11.9. The number of nitrogens with one attached hydrogen (secondary N) is 1. The van der Waals surface area contributed by atoms with E-state index in [2.05, 4.69) is 12.2 Å². The highest BCUT2D eigenvalue weighted by Gasteiger charge is 2.34. The van der Waals surface area contributed by atoms with E-state index in [1.807, 2.05) is 0 Å². The normalized spacial score (nSPS) is 26.2. The fraction of sp³-hybridized carbons (Fsp3) is 0.600. The number of ether oxygens (including phenoxy) is 1. The van der Waals surface area contributed by atoms with Crippen LogP contribution in [0.5, 0.6) is 0 Å². The molecule has 0 aliphatic carbocycles. The van der Waals surface area contributed by atoms with E-state index in [0.717, 1.165) is 24.1 Å². The number of aliphatic hydroxyl groups is 1. The summed E-state index contributed by atoms with van der Waals surface area (Å²) in [4.78, 5) is 0. The minimum Gasteiger partial charge on any atom is -0.395 e. The lowest BCUT2D eigenvalue weighted by Crippen LogP contribution is -2.31. The lowest BCUT2D eigenvalue weighted by atomic mass is 9.97. The fourth-order valence-corrected chi connectivity index (χ4v) is 2.56. The first-order valence-corrected chi connectivity index (χ1v) is 7.06. The third-order valence-corrected chi connectivity index (χ3v) is 3.80. The van der Waals surface area contributed by atoms with Crippen molar-refractivity contribution in [2.45, 2.75) is 31.7 Å². The topological polar surface area (TPSA) is 41.5 Å². The summed E-state index contributed by atoms with van der Waals surface area (Å²) in [5.41, 5.74) is 0.137. The van der Waals surface area contributed by atoms with Crippen LogP contribution in [0.4, 0.5) is 13.2 Å². The number of alkyl halides is 3. The molecule has 0 unspecified atom stereocenters. The second-order valence-corrected chi connectivity index (χ2v) is 5.42. The minimum absolute atomic E-state index is 0.0174. The van der Waals surface area contributed by atoms with Gasteiger partial charge in [-0.25, -0.2) is 0 Å². The van der Waals surface area contributed by atoms with Crippen LogP contribution in [0.2, 0.25) is 0 Å². The highest BCUT2D eigenvalue weighted by atomic mass is 19.4. The standard InChI is InChI=1S/C15H20F3NO2/c1-10-8-13(21-14(10)9-19-6-7-20)11-2-4-12(5-3-11)15(16,17)18/h2-5,10,13-14,19-20H,6-9H2,1H3/t10-,13+,14+/m0/s1. The van der Waals surface area contributed by atoms with Crippen molar-refractivity contribution in [1.29, 1.82) is 0 Å². The maximum absolute atomic E-state index is 12.5. The molecule has 1 aromatic rings. The predicted molar refractivity (Wildman–Crippen MR) is 72.8 cm³/mol. The van der Waals surface area contributed by atoms with E-state index in [-0.39, 0.29) is 18.8 Å². The van der Waals surface area contributed by atoms with Crippen molar-refractivity contribution in [3.05, 3.63) is 35.4 Å². The molecule has 0 saturated carbocycles. The zero-order valence-corrected chi connectivity index (χ0v) is 11.9. The van der Waals surface area contributed by atoms with Crippen LogP contribution in [0.15, 0.2) is 24.3 Å². The summed E-state index contributed by atoms with van der Waals surface area (Å²) in [6, 6.07) is 5.18. The van der Waals surface area contributed by atoms with Crippen molar-refractivity contribution in [3.63, 3.8) is 0 Å². The van der Waals surface area contributed by atoms with Gasteiger partial charge in [0.1, 0.15) is 0 Å². The average molecular weight is 303 g/mol. The van der Waals surface area contributed by atoms with E-state index >= 15 is 0 Å². The van der Waals surface area contributed by atoms with E-state index in [4.69, 9.17) is 9.84 Å². The maximum Gasteiger partial charge on any atom is 0.416 e. The summed E-state index contributed by atoms with van der Waals surface area (Å²) in [6.45, 7) is 3.29. The summed E-state index contributed by atoms with van der Waals surface area (Å²) in [5, 5.41) is 11.8. The molecule has 21 heavy (non-hydrogen) atoms. The molecule has 2 rings (SSSR count). The van der Waals surface area contributed by atoms with Crippen LogP contribution in [0.25, 0.3) is 0 Å². The van der Waals surface area contributed by atoms with Gasteiger partial charge in [0.25, 0.3) is 0 Å². The molecule has 1 heterocycles. The molecule has 0 radical (unpaired) electrons. The molecule has 3 atom stereocenters. The number of aliphatic hydroxyl groups excluding tert-OH is 1. The Bertz CT molecular complexity index is 447. The predicted octanol–water partition coefficient (Wildman–Crippen LogP) is 2.75. The summed E-state index contributed by atoms with van der Waals surface area (Å²) < 4.78 is 43.5. The van der Waals surface area contributed by atoms with Crippen molar-refractivity contribution in [2.24, 2.45) is 5.92 Å². The van der Waals surface area contributed by atoms with Gasteiger partial charge in [-0.3, -0.25) is 0 Å². The molecule has 0 bridgehead atoms. The molecular weight excluding hydrogens is 283 g/mol. The van der Waals surface area contributed by atoms with E-state index in [1.165, 1.54) is 12.1 Å². The van der Waals surface area contributed by atoms with Crippen molar-refractivity contribution in [2.75, 3.05) is 19.7 Å². The van der Waals surface area contributed by atoms with Gasteiger partial charge in [0.2, 0.25) is 0 Å². The summed E-state index contributed by atoms with van der Waals surface area (Å²) in [5.74, 6) is 0.323. The number of rotatable bonds is 5. The van der Waals surface area contributed by atoms with Crippen LogP contribution in [-0.4, -0.2) is 30.9 Å². The van der Waals surface area contributed by atoms with Gasteiger partial charge in [-0.05, 0) is 30.0 Å². The Morgan fingerprint density at radius 3 is 2.52 bits per heavy atom. The molecule has 1 aliphatic rings. The molecule has 0 aromatic heterocycles. The first-order valence-electron chi connectivity index (χ1n) is 7.06. The molecule has 0 amide bonds. The van der Waals surface area contributed by atoms with E-state index in [0.29, 0.717) is 19.0 Å². The Balaban J connectivity index is 1.97. The van der Waals surface area contributed by atoms with Crippen LogP contribution in [0, 0.1) is 5.92 Å². The Morgan fingerprint density at radius 2 is 1.95 bits per heavy atom. The van der Waals surface area contributed by atoms with Crippen LogP contribution in [0.3, 0.4) is 0 Å². The van der Waals surface area contributed by atoms with Gasteiger partial charge in [0.15, 0.2) is 0 Å². The van der Waals surface area contributed by atoms with E-state index < -0.39 is 11.7 Å². The highest BCUT2D eigenvalue weighted by molar-refractivity contribution is 5.26. The largest absolute Gasteiger partial charge is 0.416 e. The molecule has 2 N–H and O–H groups in total. The lowest BCUT2D eigenvalue weighted by Gasteiger charge is -2.16. The fourth-order valence-electron chi connectivity index (χ4n) is 2.56. The molecule has 1 fully saturated rings. The third-order valence-electron chi connectivity index (χ3n) is 3.80. The number of hydrogen-bond donors (Lipinski definition) is 2. The van der Waals surface area contributed by atoms with Crippen LogP contribution < -0.4 is 5.32 Å². The first kappa shape index (κ1) is 16.3. The molecule has 1 aliphatic heterocycles. The Morgan fingerprint density at radius 1 is 1.29 bits per heavy atom. The molecule has 3 nitrogen and oxygen atoms in total. The minimum atomic E-state index is -4.31. The second kappa shape index (κ2) is 6.77. The molecule has 118 valence electrons. The van der Waals surface area contributed by atoms with Gasteiger partial charge in [0, 0.05) is 13.1 Å². The molecule has 6 heteroatoms. The van der Waals surface area contributed by atoms with Crippen LogP contribution >= 0.6 is 0 Å². The maximum atomic E-state index is 12.5. The smallest absolute Gasteiger partial charge is 0.395 e. The van der Waals surface area contributed by atoms with Crippen molar-refractivity contribution < 1.29 is 23.0 Å². The van der Waals surface area contributed by atoms with Crippen molar-refractivity contribution in [1.82, 2.24) is 5.32 Å². The average Bonchev–Trinajstić information content (AvgIpc) is 2.80. The quantitative estimate of drug-likeness (QED) is 0.822. The van der Waals surface area contributed by atoms with E-state index in [1.54, 1.807) is 0 Å². The van der Waals surface area contributed by atoms with Gasteiger partial charge in [-0.1, -0.05) is 19.1 Å². The SMILES string of the molecule is C[C@H]1C[C@H](c2ccc(C(F)(F)F)cc2)O[C@@H]1CNCCO.